The highest BCUT2D eigenvalue weighted by molar-refractivity contribution is 5.81. The summed E-state index contributed by atoms with van der Waals surface area (Å²) in [7, 11) is 1.38. The number of amides is 1. The van der Waals surface area contributed by atoms with Crippen LogP contribution in [0.3, 0.4) is 0 Å². The minimum Gasteiger partial charge on any atom is -0.469 e. The fourth-order valence-electron chi connectivity index (χ4n) is 2.42. The molecule has 1 aliphatic heterocycles. The highest BCUT2D eigenvalue weighted by Crippen LogP contribution is 2.20. The molecule has 0 spiro atoms. The van der Waals surface area contributed by atoms with E-state index in [0.717, 1.165) is 12.8 Å². The number of carbonyl (C=O) groups is 2. The molecule has 104 valence electrons. The Labute approximate surface area is 112 Å². The summed E-state index contributed by atoms with van der Waals surface area (Å²) in [6, 6.07) is 1.45. The molecule has 1 amide bonds. The topological polar surface area (TPSA) is 64.4 Å². The fraction of sp³-hybridized carbons (Fsp3) is 0.615. The van der Waals surface area contributed by atoms with Gasteiger partial charge in [-0.3, -0.25) is 14.3 Å². The lowest BCUT2D eigenvalue weighted by molar-refractivity contribution is -0.149. The third kappa shape index (κ3) is 2.94. The van der Waals surface area contributed by atoms with E-state index in [1.54, 1.807) is 28.0 Å². The van der Waals surface area contributed by atoms with Crippen LogP contribution in [0, 0.1) is 5.92 Å². The molecular formula is C13H19N3O3. The minimum atomic E-state index is -0.341. The third-order valence-corrected chi connectivity index (χ3v) is 3.55. The number of methoxy groups -OCH3 is 1. The summed E-state index contributed by atoms with van der Waals surface area (Å²) >= 11 is 0. The van der Waals surface area contributed by atoms with Crippen molar-refractivity contribution < 1.29 is 14.3 Å². The van der Waals surface area contributed by atoms with Crippen molar-refractivity contribution in [2.24, 2.45) is 5.92 Å². The normalized spacial score (nSPS) is 20.9. The van der Waals surface area contributed by atoms with Crippen LogP contribution < -0.4 is 0 Å². The zero-order chi connectivity index (χ0) is 13.8. The number of nitrogens with zero attached hydrogens (tertiary/aromatic N) is 3. The lowest BCUT2D eigenvalue weighted by atomic mass is 9.97. The first-order chi connectivity index (χ1) is 9.13. The number of aromatic nitrogens is 2. The molecule has 2 atom stereocenters. The van der Waals surface area contributed by atoms with Crippen LogP contribution in [0.15, 0.2) is 18.5 Å². The first-order valence-corrected chi connectivity index (χ1v) is 6.49. The van der Waals surface area contributed by atoms with Crippen molar-refractivity contribution in [1.82, 2.24) is 14.7 Å². The largest absolute Gasteiger partial charge is 0.469 e. The van der Waals surface area contributed by atoms with Gasteiger partial charge in [0.25, 0.3) is 0 Å². The summed E-state index contributed by atoms with van der Waals surface area (Å²) in [4.78, 5) is 25.7. The van der Waals surface area contributed by atoms with E-state index in [1.807, 2.05) is 6.92 Å². The standard InChI is InChI=1S/C13H19N3O3/c1-10(16-8-4-6-14-16)12(17)15-7-3-5-11(9-15)13(18)19-2/h4,6,8,10-11H,3,5,7,9H2,1-2H3/t10?,11-/m0/s1. The Balaban J connectivity index is 2.01. The molecule has 1 fully saturated rings. The summed E-state index contributed by atoms with van der Waals surface area (Å²) in [5, 5.41) is 4.08. The van der Waals surface area contributed by atoms with Crippen molar-refractivity contribution in [2.45, 2.75) is 25.8 Å². The van der Waals surface area contributed by atoms with Crippen LogP contribution in [-0.4, -0.2) is 46.8 Å². The van der Waals surface area contributed by atoms with Crippen LogP contribution in [-0.2, 0) is 14.3 Å². The molecule has 1 aromatic heterocycles. The Hall–Kier alpha value is -1.85. The van der Waals surface area contributed by atoms with Crippen LogP contribution in [0.4, 0.5) is 0 Å². The number of piperidine rings is 1. The first-order valence-electron chi connectivity index (χ1n) is 6.49. The van der Waals surface area contributed by atoms with Gasteiger partial charge >= 0.3 is 5.97 Å². The zero-order valence-electron chi connectivity index (χ0n) is 11.3. The second-order valence-electron chi connectivity index (χ2n) is 4.81. The molecule has 1 aromatic rings. The van der Waals surface area contributed by atoms with Crippen molar-refractivity contribution in [1.29, 1.82) is 0 Å². The van der Waals surface area contributed by atoms with E-state index in [1.165, 1.54) is 7.11 Å². The van der Waals surface area contributed by atoms with Gasteiger partial charge in [-0.2, -0.15) is 5.10 Å². The Morgan fingerprint density at radius 3 is 2.89 bits per heavy atom. The Morgan fingerprint density at radius 1 is 1.47 bits per heavy atom. The lowest BCUT2D eigenvalue weighted by Gasteiger charge is -2.33. The van der Waals surface area contributed by atoms with Gasteiger partial charge in [-0.05, 0) is 25.8 Å². The number of esters is 1. The number of likely N-dealkylation sites (tertiary alicyclic amines) is 1. The molecule has 6 heteroatoms. The van der Waals surface area contributed by atoms with E-state index in [4.69, 9.17) is 4.74 Å². The minimum absolute atomic E-state index is 0.00250. The number of rotatable bonds is 3. The van der Waals surface area contributed by atoms with Crippen molar-refractivity contribution in [3.8, 4) is 0 Å². The SMILES string of the molecule is COC(=O)[C@H]1CCCN(C(=O)C(C)n2cccn2)C1. The van der Waals surface area contributed by atoms with E-state index in [2.05, 4.69) is 5.10 Å². The van der Waals surface area contributed by atoms with Crippen LogP contribution in [0.1, 0.15) is 25.8 Å². The third-order valence-electron chi connectivity index (χ3n) is 3.55. The van der Waals surface area contributed by atoms with E-state index in [9.17, 15) is 9.59 Å². The molecule has 19 heavy (non-hydrogen) atoms. The number of hydrogen-bond donors (Lipinski definition) is 0. The molecule has 0 radical (unpaired) electrons. The van der Waals surface area contributed by atoms with Gasteiger partial charge in [0.05, 0.1) is 13.0 Å². The highest BCUT2D eigenvalue weighted by Gasteiger charge is 2.31. The van der Waals surface area contributed by atoms with E-state index < -0.39 is 0 Å². The van der Waals surface area contributed by atoms with Gasteiger partial charge in [-0.1, -0.05) is 0 Å². The maximum atomic E-state index is 12.4. The number of carbonyl (C=O) groups excluding carboxylic acids is 2. The quantitative estimate of drug-likeness (QED) is 0.760. The molecule has 6 nitrogen and oxygen atoms in total. The fourth-order valence-corrected chi connectivity index (χ4v) is 2.42. The van der Waals surface area contributed by atoms with Gasteiger partial charge < -0.3 is 9.64 Å². The molecule has 1 aliphatic rings. The summed E-state index contributed by atoms with van der Waals surface area (Å²) < 4.78 is 6.39. The first kappa shape index (κ1) is 13.6. The monoisotopic (exact) mass is 265 g/mol. The second-order valence-corrected chi connectivity index (χ2v) is 4.81. The smallest absolute Gasteiger partial charge is 0.310 e. The van der Waals surface area contributed by atoms with Crippen LogP contribution in [0.2, 0.25) is 0 Å². The molecule has 0 aromatic carbocycles. The summed E-state index contributed by atoms with van der Waals surface area (Å²) in [6.07, 6.45) is 5.03. The van der Waals surface area contributed by atoms with Gasteiger partial charge in [-0.15, -0.1) is 0 Å². The summed E-state index contributed by atoms with van der Waals surface area (Å²) in [6.45, 7) is 2.95. The predicted molar refractivity (Wildman–Crippen MR) is 68.3 cm³/mol. The molecule has 2 heterocycles. The van der Waals surface area contributed by atoms with Crippen LogP contribution in [0.25, 0.3) is 0 Å². The molecule has 0 aliphatic carbocycles. The highest BCUT2D eigenvalue weighted by atomic mass is 16.5. The Kier molecular flexibility index (Phi) is 4.19. The summed E-state index contributed by atoms with van der Waals surface area (Å²) in [5.41, 5.74) is 0. The van der Waals surface area contributed by atoms with Crippen LogP contribution in [0.5, 0.6) is 0 Å². The Morgan fingerprint density at radius 2 is 2.26 bits per heavy atom. The van der Waals surface area contributed by atoms with Crippen molar-refractivity contribution in [2.75, 3.05) is 20.2 Å². The van der Waals surface area contributed by atoms with Gasteiger partial charge in [0.2, 0.25) is 5.91 Å². The molecule has 1 unspecified atom stereocenters. The molecule has 0 saturated carbocycles. The van der Waals surface area contributed by atoms with Gasteiger partial charge in [0, 0.05) is 25.5 Å². The molecular weight excluding hydrogens is 246 g/mol. The van der Waals surface area contributed by atoms with Crippen molar-refractivity contribution in [3.63, 3.8) is 0 Å². The van der Waals surface area contributed by atoms with Crippen molar-refractivity contribution in [3.05, 3.63) is 18.5 Å². The van der Waals surface area contributed by atoms with Crippen LogP contribution >= 0.6 is 0 Å². The molecule has 0 bridgehead atoms. The van der Waals surface area contributed by atoms with Gasteiger partial charge in [0.15, 0.2) is 0 Å². The van der Waals surface area contributed by atoms with E-state index >= 15 is 0 Å². The number of hydrogen-bond acceptors (Lipinski definition) is 4. The predicted octanol–water partition coefficient (Wildman–Crippen LogP) is 0.856. The van der Waals surface area contributed by atoms with Crippen molar-refractivity contribution >= 4 is 11.9 Å². The van der Waals surface area contributed by atoms with Gasteiger partial charge in [-0.25, -0.2) is 0 Å². The van der Waals surface area contributed by atoms with Gasteiger partial charge in [0.1, 0.15) is 6.04 Å². The maximum Gasteiger partial charge on any atom is 0.310 e. The molecule has 2 rings (SSSR count). The summed E-state index contributed by atoms with van der Waals surface area (Å²) in [5.74, 6) is -0.436. The molecule has 0 N–H and O–H groups in total. The Bertz CT molecular complexity index is 444. The number of ether oxygens (including phenoxy) is 1. The average Bonchev–Trinajstić information content (AvgIpc) is 2.99. The van der Waals surface area contributed by atoms with E-state index in [-0.39, 0.29) is 23.8 Å². The lowest BCUT2D eigenvalue weighted by Crippen LogP contribution is -2.45. The maximum absolute atomic E-state index is 12.4. The zero-order valence-corrected chi connectivity index (χ0v) is 11.3. The average molecular weight is 265 g/mol. The van der Waals surface area contributed by atoms with E-state index in [0.29, 0.717) is 13.1 Å². The second kappa shape index (κ2) is 5.86. The molecule has 1 saturated heterocycles.